The van der Waals surface area contributed by atoms with Crippen LogP contribution in [0, 0.1) is 13.8 Å². The van der Waals surface area contributed by atoms with E-state index in [1.165, 1.54) is 0 Å². The second-order valence-corrected chi connectivity index (χ2v) is 6.88. The number of rotatable bonds is 5. The fraction of sp³-hybridized carbons (Fsp3) is 0.474. The van der Waals surface area contributed by atoms with Crippen molar-refractivity contribution in [1.29, 1.82) is 0 Å². The molecule has 0 radical (unpaired) electrons. The topological polar surface area (TPSA) is 88.8 Å². The third-order valence-corrected chi connectivity index (χ3v) is 4.97. The van der Waals surface area contributed by atoms with Crippen LogP contribution in [0.3, 0.4) is 0 Å². The van der Waals surface area contributed by atoms with Gasteiger partial charge in [0, 0.05) is 24.2 Å². The summed E-state index contributed by atoms with van der Waals surface area (Å²) in [5, 5.41) is 13.1. The number of amides is 1. The molecule has 2 N–H and O–H groups in total. The van der Waals surface area contributed by atoms with Crippen LogP contribution in [0.4, 0.5) is 0 Å². The first kappa shape index (κ1) is 17.5. The van der Waals surface area contributed by atoms with E-state index in [2.05, 4.69) is 5.32 Å². The first-order valence-corrected chi connectivity index (χ1v) is 8.46. The number of aryl methyl sites for hydroxylation is 2. The lowest BCUT2D eigenvalue weighted by atomic mass is 9.86. The zero-order chi connectivity index (χ0) is 18.0. The fourth-order valence-corrected chi connectivity index (χ4v) is 3.38. The monoisotopic (exact) mass is 345 g/mol. The Morgan fingerprint density at radius 3 is 2.56 bits per heavy atom. The molecular weight excluding hydrogens is 322 g/mol. The van der Waals surface area contributed by atoms with Gasteiger partial charge in [-0.05, 0) is 49.9 Å². The third-order valence-electron chi connectivity index (χ3n) is 4.97. The Balaban J connectivity index is 1.77. The highest BCUT2D eigenvalue weighted by atomic mass is 16.5. The predicted octanol–water partition coefficient (Wildman–Crippen LogP) is 2.73. The molecule has 0 unspecified atom stereocenters. The summed E-state index contributed by atoms with van der Waals surface area (Å²) in [6.07, 6.45) is 2.70. The second-order valence-electron chi connectivity index (χ2n) is 6.88. The lowest BCUT2D eigenvalue weighted by Gasteiger charge is -2.36. The molecule has 6 nitrogen and oxygen atoms in total. The molecule has 1 saturated heterocycles. The summed E-state index contributed by atoms with van der Waals surface area (Å²) in [5.41, 5.74) is 3.13. The Labute approximate surface area is 146 Å². The number of carbonyl (C=O) groups excluding carboxylic acids is 1. The maximum atomic E-state index is 12.6. The lowest BCUT2D eigenvalue weighted by Crippen LogP contribution is -2.53. The molecule has 1 amide bonds. The molecule has 0 saturated carbocycles. The molecule has 6 heteroatoms. The van der Waals surface area contributed by atoms with Crippen molar-refractivity contribution in [3.05, 3.63) is 35.1 Å². The summed E-state index contributed by atoms with van der Waals surface area (Å²) in [5.74, 6) is -1.11. The molecule has 0 bridgehead atoms. The molecule has 3 rings (SSSR count). The SMILES string of the molecule is Cc1cc2occ(CC(=O)NC3(CC(=O)O)CCOCC3)c2cc1C. The van der Waals surface area contributed by atoms with Crippen molar-refractivity contribution >= 4 is 22.8 Å². The van der Waals surface area contributed by atoms with Crippen LogP contribution in [0.1, 0.15) is 36.0 Å². The second kappa shape index (κ2) is 6.88. The molecule has 134 valence electrons. The molecule has 1 aromatic heterocycles. The van der Waals surface area contributed by atoms with Gasteiger partial charge >= 0.3 is 5.97 Å². The van der Waals surface area contributed by atoms with Crippen LogP contribution in [-0.2, 0) is 20.7 Å². The standard InChI is InChI=1S/C19H23NO5/c1-12-7-15-14(11-25-16(15)8-13(12)2)9-17(21)20-19(10-18(22)23)3-5-24-6-4-19/h7-8,11H,3-6,9-10H2,1-2H3,(H,20,21)(H,22,23). The Morgan fingerprint density at radius 2 is 1.88 bits per heavy atom. The zero-order valence-electron chi connectivity index (χ0n) is 14.6. The average molecular weight is 345 g/mol. The van der Waals surface area contributed by atoms with Gasteiger partial charge in [0.25, 0.3) is 0 Å². The van der Waals surface area contributed by atoms with Gasteiger partial charge in [-0.25, -0.2) is 0 Å². The number of ether oxygens (including phenoxy) is 1. The molecule has 25 heavy (non-hydrogen) atoms. The quantitative estimate of drug-likeness (QED) is 0.870. The van der Waals surface area contributed by atoms with Crippen molar-refractivity contribution in [3.8, 4) is 0 Å². The van der Waals surface area contributed by atoms with Crippen LogP contribution >= 0.6 is 0 Å². The van der Waals surface area contributed by atoms with Crippen molar-refractivity contribution in [1.82, 2.24) is 5.32 Å². The van der Waals surface area contributed by atoms with Gasteiger partial charge in [0.1, 0.15) is 5.58 Å². The Morgan fingerprint density at radius 1 is 1.20 bits per heavy atom. The summed E-state index contributed by atoms with van der Waals surface area (Å²) >= 11 is 0. The van der Waals surface area contributed by atoms with Crippen molar-refractivity contribution in [2.75, 3.05) is 13.2 Å². The van der Waals surface area contributed by atoms with Crippen molar-refractivity contribution in [2.24, 2.45) is 0 Å². The highest BCUT2D eigenvalue weighted by molar-refractivity contribution is 5.89. The van der Waals surface area contributed by atoms with E-state index in [0.717, 1.165) is 27.7 Å². The van der Waals surface area contributed by atoms with Crippen molar-refractivity contribution < 1.29 is 23.8 Å². The molecule has 0 aliphatic carbocycles. The number of carboxylic acids is 1. The minimum absolute atomic E-state index is 0.0907. The van der Waals surface area contributed by atoms with E-state index in [9.17, 15) is 14.7 Å². The van der Waals surface area contributed by atoms with Gasteiger partial charge < -0.3 is 19.6 Å². The molecule has 2 heterocycles. The number of hydrogen-bond acceptors (Lipinski definition) is 4. The van der Waals surface area contributed by atoms with Crippen LogP contribution in [-0.4, -0.2) is 35.7 Å². The Bertz CT molecular complexity index is 801. The van der Waals surface area contributed by atoms with Crippen LogP contribution in [0.15, 0.2) is 22.8 Å². The van der Waals surface area contributed by atoms with Gasteiger partial charge in [-0.15, -0.1) is 0 Å². The van der Waals surface area contributed by atoms with Crippen LogP contribution in [0.2, 0.25) is 0 Å². The molecule has 0 atom stereocenters. The largest absolute Gasteiger partial charge is 0.481 e. The third kappa shape index (κ3) is 3.85. The number of furan rings is 1. The van der Waals surface area contributed by atoms with E-state index in [1.54, 1.807) is 6.26 Å². The number of benzene rings is 1. The first-order valence-electron chi connectivity index (χ1n) is 8.46. The average Bonchev–Trinajstić information content (AvgIpc) is 2.89. The molecule has 0 spiro atoms. The normalized spacial score (nSPS) is 16.7. The van der Waals surface area contributed by atoms with E-state index < -0.39 is 11.5 Å². The smallest absolute Gasteiger partial charge is 0.305 e. The Kier molecular flexibility index (Phi) is 4.81. The minimum atomic E-state index is -0.915. The molecular formula is C19H23NO5. The van der Waals surface area contributed by atoms with Gasteiger partial charge in [0.2, 0.25) is 5.91 Å². The zero-order valence-corrected chi connectivity index (χ0v) is 14.6. The molecule has 1 aromatic carbocycles. The lowest BCUT2D eigenvalue weighted by molar-refractivity contribution is -0.140. The van der Waals surface area contributed by atoms with Gasteiger partial charge in [-0.1, -0.05) is 0 Å². The highest BCUT2D eigenvalue weighted by Crippen LogP contribution is 2.27. The first-order chi connectivity index (χ1) is 11.9. The fourth-order valence-electron chi connectivity index (χ4n) is 3.38. The molecule has 1 aliphatic heterocycles. The summed E-state index contributed by atoms with van der Waals surface area (Å²) < 4.78 is 10.9. The number of aliphatic carboxylic acids is 1. The molecule has 2 aromatic rings. The van der Waals surface area contributed by atoms with E-state index in [-0.39, 0.29) is 18.7 Å². The van der Waals surface area contributed by atoms with E-state index >= 15 is 0 Å². The van der Waals surface area contributed by atoms with E-state index in [0.29, 0.717) is 26.1 Å². The van der Waals surface area contributed by atoms with Crippen LogP contribution in [0.25, 0.3) is 11.0 Å². The number of nitrogens with one attached hydrogen (secondary N) is 1. The summed E-state index contributed by atoms with van der Waals surface area (Å²) in [7, 11) is 0. The van der Waals surface area contributed by atoms with E-state index in [1.807, 2.05) is 26.0 Å². The van der Waals surface area contributed by atoms with E-state index in [4.69, 9.17) is 9.15 Å². The number of hydrogen-bond donors (Lipinski definition) is 2. The van der Waals surface area contributed by atoms with Crippen molar-refractivity contribution in [2.45, 2.75) is 45.1 Å². The van der Waals surface area contributed by atoms with Crippen molar-refractivity contribution in [3.63, 3.8) is 0 Å². The van der Waals surface area contributed by atoms with Crippen LogP contribution < -0.4 is 5.32 Å². The Hall–Kier alpha value is -2.34. The molecule has 1 aliphatic rings. The summed E-state index contributed by atoms with van der Waals surface area (Å²) in [6, 6.07) is 3.99. The predicted molar refractivity (Wildman–Crippen MR) is 92.6 cm³/mol. The highest BCUT2D eigenvalue weighted by Gasteiger charge is 2.36. The van der Waals surface area contributed by atoms with Gasteiger partial charge in [-0.3, -0.25) is 9.59 Å². The maximum Gasteiger partial charge on any atom is 0.305 e. The number of fused-ring (bicyclic) bond motifs is 1. The van der Waals surface area contributed by atoms with Gasteiger partial charge in [0.15, 0.2) is 0 Å². The van der Waals surface area contributed by atoms with Crippen LogP contribution in [0.5, 0.6) is 0 Å². The maximum absolute atomic E-state index is 12.6. The van der Waals surface area contributed by atoms with Gasteiger partial charge in [0.05, 0.1) is 24.6 Å². The molecule has 1 fully saturated rings. The summed E-state index contributed by atoms with van der Waals surface area (Å²) in [4.78, 5) is 23.8. The summed E-state index contributed by atoms with van der Waals surface area (Å²) in [6.45, 7) is 4.96. The minimum Gasteiger partial charge on any atom is -0.481 e. The number of carboxylic acid groups (broad SMARTS) is 1. The number of carbonyl (C=O) groups is 2. The van der Waals surface area contributed by atoms with Gasteiger partial charge in [-0.2, -0.15) is 0 Å².